The van der Waals surface area contributed by atoms with E-state index in [0.717, 1.165) is 23.5 Å². The van der Waals surface area contributed by atoms with E-state index >= 15 is 0 Å². The third kappa shape index (κ3) is 4.62. The second-order valence-corrected chi connectivity index (χ2v) is 4.00. The zero-order valence-electron chi connectivity index (χ0n) is 11.1. The first-order valence-corrected chi connectivity index (χ1v) is 6.16. The lowest BCUT2D eigenvalue weighted by Crippen LogP contribution is -2.04. The molecule has 0 spiro atoms. The maximum atomic E-state index is 10.9. The molecule has 0 saturated heterocycles. The van der Waals surface area contributed by atoms with Gasteiger partial charge in [-0.25, -0.2) is 0 Å². The maximum Gasteiger partial charge on any atom is 0.133 e. The fourth-order valence-electron chi connectivity index (χ4n) is 1.57. The van der Waals surface area contributed by atoms with Gasteiger partial charge in [-0.05, 0) is 38.5 Å². The molecule has 0 bridgehead atoms. The summed E-state index contributed by atoms with van der Waals surface area (Å²) < 4.78 is 11.1. The fourth-order valence-corrected chi connectivity index (χ4v) is 1.57. The summed E-state index contributed by atoms with van der Waals surface area (Å²) in [7, 11) is 0. The van der Waals surface area contributed by atoms with E-state index in [1.807, 2.05) is 31.2 Å². The number of Topliss-reactive ketones (excluding diaryl/α,β-unsaturated/α-hetero) is 1. The molecular weight excluding hydrogens is 228 g/mol. The van der Waals surface area contributed by atoms with Crippen molar-refractivity contribution in [1.29, 1.82) is 0 Å². The van der Waals surface area contributed by atoms with Gasteiger partial charge in [-0.2, -0.15) is 0 Å². The van der Waals surface area contributed by atoms with Crippen LogP contribution < -0.4 is 9.47 Å². The first-order valence-electron chi connectivity index (χ1n) is 6.16. The summed E-state index contributed by atoms with van der Waals surface area (Å²) in [5.74, 6) is 1.75. The molecule has 18 heavy (non-hydrogen) atoms. The van der Waals surface area contributed by atoms with Gasteiger partial charge >= 0.3 is 0 Å². The van der Waals surface area contributed by atoms with Gasteiger partial charge in [0.25, 0.3) is 0 Å². The lowest BCUT2D eigenvalue weighted by molar-refractivity contribution is -0.117. The van der Waals surface area contributed by atoms with E-state index in [1.54, 1.807) is 6.92 Å². The van der Waals surface area contributed by atoms with Crippen molar-refractivity contribution in [1.82, 2.24) is 0 Å². The third-order valence-corrected chi connectivity index (χ3v) is 2.42. The Morgan fingerprint density at radius 2 is 2.17 bits per heavy atom. The van der Waals surface area contributed by atoms with Gasteiger partial charge in [0.05, 0.1) is 13.2 Å². The van der Waals surface area contributed by atoms with Crippen molar-refractivity contribution in [2.45, 2.75) is 26.7 Å². The highest BCUT2D eigenvalue weighted by Crippen LogP contribution is 2.25. The molecule has 0 amide bonds. The highest BCUT2D eigenvalue weighted by atomic mass is 16.5. The Hall–Kier alpha value is -1.77. The van der Waals surface area contributed by atoms with Gasteiger partial charge in [-0.15, -0.1) is 6.58 Å². The highest BCUT2D eigenvalue weighted by Gasteiger charge is 2.05. The quantitative estimate of drug-likeness (QED) is 0.663. The third-order valence-electron chi connectivity index (χ3n) is 2.42. The predicted octanol–water partition coefficient (Wildman–Crippen LogP) is 3.17. The molecule has 0 aliphatic heterocycles. The van der Waals surface area contributed by atoms with Crippen LogP contribution >= 0.6 is 0 Å². The molecule has 0 unspecified atom stereocenters. The summed E-state index contributed by atoms with van der Waals surface area (Å²) in [6.07, 6.45) is 2.97. The molecule has 1 aromatic carbocycles. The van der Waals surface area contributed by atoms with E-state index in [-0.39, 0.29) is 5.78 Å². The van der Waals surface area contributed by atoms with Crippen molar-refractivity contribution in [2.75, 3.05) is 13.2 Å². The average Bonchev–Trinajstić information content (AvgIpc) is 2.32. The van der Waals surface area contributed by atoms with E-state index in [2.05, 4.69) is 6.58 Å². The van der Waals surface area contributed by atoms with E-state index in [0.29, 0.717) is 19.6 Å². The lowest BCUT2D eigenvalue weighted by atomic mass is 10.1. The molecule has 0 radical (unpaired) electrons. The summed E-state index contributed by atoms with van der Waals surface area (Å²) in [4.78, 5) is 10.9. The van der Waals surface area contributed by atoms with E-state index in [9.17, 15) is 4.79 Å². The van der Waals surface area contributed by atoms with Crippen LogP contribution in [0, 0.1) is 0 Å². The number of benzene rings is 1. The molecule has 0 saturated carbocycles. The second kappa shape index (κ2) is 7.54. The van der Waals surface area contributed by atoms with Crippen molar-refractivity contribution >= 4 is 5.78 Å². The fraction of sp³-hybridized carbons (Fsp3) is 0.400. The van der Waals surface area contributed by atoms with Gasteiger partial charge in [-0.3, -0.25) is 4.79 Å². The molecule has 3 heteroatoms. The second-order valence-electron chi connectivity index (χ2n) is 4.00. The molecule has 0 heterocycles. The van der Waals surface area contributed by atoms with Crippen LogP contribution in [0.25, 0.3) is 0 Å². The molecule has 98 valence electrons. The maximum absolute atomic E-state index is 10.9. The summed E-state index contributed by atoms with van der Waals surface area (Å²) in [5, 5.41) is 0. The van der Waals surface area contributed by atoms with Crippen LogP contribution in [0.4, 0.5) is 0 Å². The zero-order valence-corrected chi connectivity index (χ0v) is 11.1. The minimum absolute atomic E-state index is 0.131. The molecule has 0 fully saturated rings. The molecule has 0 aliphatic carbocycles. The molecule has 0 atom stereocenters. The van der Waals surface area contributed by atoms with Crippen molar-refractivity contribution in [2.24, 2.45) is 0 Å². The van der Waals surface area contributed by atoms with Gasteiger partial charge in [0.2, 0.25) is 0 Å². The van der Waals surface area contributed by atoms with Gasteiger partial charge in [-0.1, -0.05) is 6.08 Å². The van der Waals surface area contributed by atoms with Gasteiger partial charge in [0.15, 0.2) is 0 Å². The smallest absolute Gasteiger partial charge is 0.133 e. The van der Waals surface area contributed by atoms with Crippen LogP contribution in [0.15, 0.2) is 30.9 Å². The van der Waals surface area contributed by atoms with Gasteiger partial charge in [0.1, 0.15) is 17.3 Å². The highest BCUT2D eigenvalue weighted by molar-refractivity contribution is 5.75. The number of ether oxygens (including phenoxy) is 2. The van der Waals surface area contributed by atoms with Crippen LogP contribution in [-0.4, -0.2) is 19.0 Å². The Balaban J connectivity index is 2.75. The Morgan fingerprint density at radius 1 is 1.39 bits per heavy atom. The number of hydrogen-bond donors (Lipinski definition) is 0. The summed E-state index contributed by atoms with van der Waals surface area (Å²) >= 11 is 0. The van der Waals surface area contributed by atoms with Crippen LogP contribution in [0.2, 0.25) is 0 Å². The number of hydrogen-bond acceptors (Lipinski definition) is 3. The Morgan fingerprint density at radius 3 is 2.78 bits per heavy atom. The summed E-state index contributed by atoms with van der Waals surface area (Å²) in [5.41, 5.74) is 1.03. The molecule has 0 aromatic heterocycles. The Bertz CT molecular complexity index is 410. The van der Waals surface area contributed by atoms with Crippen molar-refractivity contribution < 1.29 is 14.3 Å². The molecule has 1 rings (SSSR count). The molecule has 0 aliphatic rings. The van der Waals surface area contributed by atoms with Gasteiger partial charge < -0.3 is 9.47 Å². The molecule has 1 aromatic rings. The minimum atomic E-state index is 0.131. The molecular formula is C15H20O3. The van der Waals surface area contributed by atoms with Gasteiger partial charge in [0, 0.05) is 12.0 Å². The average molecular weight is 248 g/mol. The first-order chi connectivity index (χ1) is 8.67. The van der Waals surface area contributed by atoms with E-state index < -0.39 is 0 Å². The normalized spacial score (nSPS) is 9.89. The number of allylic oxidation sites excluding steroid dienone is 1. The molecule has 0 N–H and O–H groups in total. The topological polar surface area (TPSA) is 35.5 Å². The summed E-state index contributed by atoms with van der Waals surface area (Å²) in [6.45, 7) is 8.29. The van der Waals surface area contributed by atoms with Crippen molar-refractivity contribution in [3.8, 4) is 11.5 Å². The minimum Gasteiger partial charge on any atom is -0.494 e. The SMILES string of the molecule is C=CCc1cc(OCC)ccc1OCCC(C)=O. The van der Waals surface area contributed by atoms with Crippen LogP contribution in [0.5, 0.6) is 11.5 Å². The van der Waals surface area contributed by atoms with Crippen LogP contribution in [0.1, 0.15) is 25.8 Å². The van der Waals surface area contributed by atoms with Crippen LogP contribution in [-0.2, 0) is 11.2 Å². The van der Waals surface area contributed by atoms with E-state index in [1.165, 1.54) is 0 Å². The largest absolute Gasteiger partial charge is 0.494 e. The standard InChI is InChI=1S/C15H20O3/c1-4-6-13-11-14(17-5-2)7-8-15(13)18-10-9-12(3)16/h4,7-8,11H,1,5-6,9-10H2,2-3H3. The summed E-state index contributed by atoms with van der Waals surface area (Å²) in [6, 6.07) is 5.71. The predicted molar refractivity (Wildman–Crippen MR) is 72.3 cm³/mol. The van der Waals surface area contributed by atoms with Crippen LogP contribution in [0.3, 0.4) is 0 Å². The van der Waals surface area contributed by atoms with Crippen molar-refractivity contribution in [3.63, 3.8) is 0 Å². The lowest BCUT2D eigenvalue weighted by Gasteiger charge is -2.12. The Kier molecular flexibility index (Phi) is 5.98. The number of ketones is 1. The number of carbonyl (C=O) groups excluding carboxylic acids is 1. The number of rotatable bonds is 8. The molecule has 3 nitrogen and oxygen atoms in total. The first kappa shape index (κ1) is 14.3. The number of carbonyl (C=O) groups is 1. The van der Waals surface area contributed by atoms with Crippen molar-refractivity contribution in [3.05, 3.63) is 36.4 Å². The van der Waals surface area contributed by atoms with E-state index in [4.69, 9.17) is 9.47 Å². The Labute approximate surface area is 108 Å². The monoisotopic (exact) mass is 248 g/mol. The zero-order chi connectivity index (χ0) is 13.4.